The molecule has 1 unspecified atom stereocenters. The van der Waals surface area contributed by atoms with Crippen LogP contribution < -0.4 is 11.1 Å². The number of nitrogens with one attached hydrogen (secondary N) is 1. The molecular weight excluding hydrogens is 336 g/mol. The average Bonchev–Trinajstić information content (AvgIpc) is 2.40. The molecule has 0 saturated carbocycles. The van der Waals surface area contributed by atoms with Crippen molar-refractivity contribution in [3.63, 3.8) is 0 Å². The van der Waals surface area contributed by atoms with E-state index in [-0.39, 0.29) is 35.9 Å². The van der Waals surface area contributed by atoms with E-state index in [9.17, 15) is 13.2 Å². The molecule has 0 aliphatic carbocycles. The quantitative estimate of drug-likeness (QED) is 0.807. The summed E-state index contributed by atoms with van der Waals surface area (Å²) in [6.45, 7) is 6.82. The van der Waals surface area contributed by atoms with Crippen LogP contribution in [0, 0.1) is 0 Å². The lowest BCUT2D eigenvalue weighted by molar-refractivity contribution is -0.122. The summed E-state index contributed by atoms with van der Waals surface area (Å²) in [7, 11) is -3.10. The first kappa shape index (κ1) is 21.9. The van der Waals surface area contributed by atoms with Gasteiger partial charge in [0.05, 0.1) is 11.8 Å². The molecule has 0 aliphatic rings. The highest BCUT2D eigenvalue weighted by Gasteiger charge is 2.16. The van der Waals surface area contributed by atoms with Gasteiger partial charge in [0.25, 0.3) is 0 Å². The molecule has 0 aromatic heterocycles. The second-order valence-electron chi connectivity index (χ2n) is 6.69. The molecule has 23 heavy (non-hydrogen) atoms. The topological polar surface area (TPSA) is 89.3 Å². The minimum atomic E-state index is -3.10. The van der Waals surface area contributed by atoms with Crippen molar-refractivity contribution in [3.8, 4) is 0 Å². The van der Waals surface area contributed by atoms with Crippen molar-refractivity contribution in [2.75, 3.05) is 12.0 Å². The molecule has 0 spiro atoms. The number of sulfone groups is 1. The van der Waals surface area contributed by atoms with Gasteiger partial charge in [-0.3, -0.25) is 4.79 Å². The predicted molar refractivity (Wildman–Crippen MR) is 96.5 cm³/mol. The van der Waals surface area contributed by atoms with Gasteiger partial charge >= 0.3 is 0 Å². The van der Waals surface area contributed by atoms with Gasteiger partial charge in [-0.1, -0.05) is 45.0 Å². The van der Waals surface area contributed by atoms with E-state index in [0.717, 1.165) is 11.8 Å². The summed E-state index contributed by atoms with van der Waals surface area (Å²) in [6, 6.07) is 7.24. The Kier molecular flexibility index (Phi) is 8.24. The third-order valence-electron chi connectivity index (χ3n) is 3.42. The highest BCUT2D eigenvalue weighted by Crippen LogP contribution is 2.22. The second-order valence-corrected chi connectivity index (χ2v) is 8.95. The average molecular weight is 363 g/mol. The lowest BCUT2D eigenvalue weighted by atomic mass is 9.87. The van der Waals surface area contributed by atoms with Crippen LogP contribution in [0.3, 0.4) is 0 Å². The molecule has 7 heteroatoms. The fourth-order valence-corrected chi connectivity index (χ4v) is 2.60. The smallest absolute Gasteiger partial charge is 0.237 e. The Labute approximate surface area is 145 Å². The van der Waals surface area contributed by atoms with Crippen LogP contribution in [0.25, 0.3) is 0 Å². The zero-order valence-electron chi connectivity index (χ0n) is 14.1. The molecule has 0 heterocycles. The van der Waals surface area contributed by atoms with E-state index in [4.69, 9.17) is 5.73 Å². The monoisotopic (exact) mass is 362 g/mol. The molecule has 1 atom stereocenters. The van der Waals surface area contributed by atoms with Crippen LogP contribution >= 0.6 is 12.4 Å². The van der Waals surface area contributed by atoms with Crippen LogP contribution in [0.5, 0.6) is 0 Å². The predicted octanol–water partition coefficient (Wildman–Crippen LogP) is 1.78. The summed E-state index contributed by atoms with van der Waals surface area (Å²) in [5, 5.41) is 2.73. The molecule has 132 valence electrons. The van der Waals surface area contributed by atoms with E-state index < -0.39 is 15.9 Å². The van der Waals surface area contributed by atoms with Gasteiger partial charge in [0, 0.05) is 12.8 Å². The van der Waals surface area contributed by atoms with Crippen LogP contribution in [0.15, 0.2) is 24.3 Å². The molecule has 0 fully saturated rings. The summed E-state index contributed by atoms with van der Waals surface area (Å²) in [5.74, 6) is -0.412. The lowest BCUT2D eigenvalue weighted by Crippen LogP contribution is -2.41. The maximum atomic E-state index is 11.8. The molecular formula is C16H27ClN2O3S. The van der Waals surface area contributed by atoms with E-state index in [1.54, 1.807) is 0 Å². The molecule has 1 aromatic rings. The molecule has 1 rings (SSSR count). The van der Waals surface area contributed by atoms with Crippen LogP contribution in [-0.2, 0) is 26.6 Å². The van der Waals surface area contributed by atoms with Crippen molar-refractivity contribution in [2.24, 2.45) is 5.73 Å². The number of hydrogen-bond acceptors (Lipinski definition) is 4. The Hall–Kier alpha value is -1.11. The number of benzene rings is 1. The molecule has 3 N–H and O–H groups in total. The van der Waals surface area contributed by atoms with Crippen molar-refractivity contribution in [2.45, 2.75) is 45.2 Å². The van der Waals surface area contributed by atoms with Gasteiger partial charge in [-0.25, -0.2) is 8.42 Å². The maximum absolute atomic E-state index is 11.8. The highest BCUT2D eigenvalue weighted by molar-refractivity contribution is 7.90. The van der Waals surface area contributed by atoms with Crippen LogP contribution in [0.1, 0.15) is 38.3 Å². The fraction of sp³-hybridized carbons (Fsp3) is 0.562. The third-order valence-corrected chi connectivity index (χ3v) is 4.40. The number of nitrogens with two attached hydrogens (primary N) is 1. The van der Waals surface area contributed by atoms with E-state index in [1.165, 1.54) is 5.56 Å². The first-order valence-corrected chi connectivity index (χ1v) is 9.35. The van der Waals surface area contributed by atoms with Gasteiger partial charge in [0.1, 0.15) is 9.84 Å². The largest absolute Gasteiger partial charge is 0.351 e. The van der Waals surface area contributed by atoms with Crippen LogP contribution in [0.4, 0.5) is 0 Å². The first-order valence-electron chi connectivity index (χ1n) is 7.29. The number of amides is 1. The summed E-state index contributed by atoms with van der Waals surface area (Å²) < 4.78 is 22.1. The molecule has 1 aromatic carbocycles. The van der Waals surface area contributed by atoms with E-state index in [1.807, 2.05) is 24.3 Å². The van der Waals surface area contributed by atoms with Crippen LogP contribution in [0.2, 0.25) is 0 Å². The summed E-state index contributed by atoms with van der Waals surface area (Å²) in [4.78, 5) is 11.8. The molecule has 5 nitrogen and oxygen atoms in total. The van der Waals surface area contributed by atoms with Crippen molar-refractivity contribution >= 4 is 28.2 Å². The molecule has 0 radical (unpaired) electrons. The van der Waals surface area contributed by atoms with Gasteiger partial charge in [0.15, 0.2) is 0 Å². The minimum absolute atomic E-state index is 0. The van der Waals surface area contributed by atoms with E-state index >= 15 is 0 Å². The standard InChI is InChI=1S/C16H26N2O3S.ClH/c1-16(2,3)13-7-5-12(6-8-13)11-18-15(19)14(17)9-10-22(4,20)21;/h5-8,14H,9-11,17H2,1-4H3,(H,18,19);1H. The molecule has 0 aliphatic heterocycles. The summed E-state index contributed by atoms with van der Waals surface area (Å²) in [6.07, 6.45) is 1.27. The van der Waals surface area contributed by atoms with E-state index in [0.29, 0.717) is 6.54 Å². The molecule has 1 amide bonds. The minimum Gasteiger partial charge on any atom is -0.351 e. The Bertz CT molecular complexity index is 607. The van der Waals surface area contributed by atoms with E-state index in [2.05, 4.69) is 26.1 Å². The number of rotatable bonds is 6. The zero-order valence-corrected chi connectivity index (χ0v) is 15.8. The number of carbonyl (C=O) groups is 1. The number of carbonyl (C=O) groups excluding carboxylic acids is 1. The third kappa shape index (κ3) is 8.34. The van der Waals surface area contributed by atoms with Crippen molar-refractivity contribution in [1.82, 2.24) is 5.32 Å². The van der Waals surface area contributed by atoms with Crippen molar-refractivity contribution in [3.05, 3.63) is 35.4 Å². The normalized spacial score (nSPS) is 13.1. The van der Waals surface area contributed by atoms with Gasteiger partial charge in [-0.15, -0.1) is 12.4 Å². The van der Waals surface area contributed by atoms with Crippen molar-refractivity contribution < 1.29 is 13.2 Å². The SMILES string of the molecule is CC(C)(C)c1ccc(CNC(=O)C(N)CCS(C)(=O)=O)cc1.Cl. The Morgan fingerprint density at radius 2 is 1.74 bits per heavy atom. The van der Waals surface area contributed by atoms with Crippen molar-refractivity contribution in [1.29, 1.82) is 0 Å². The maximum Gasteiger partial charge on any atom is 0.237 e. The van der Waals surface area contributed by atoms with Gasteiger partial charge in [0.2, 0.25) is 5.91 Å². The summed E-state index contributed by atoms with van der Waals surface area (Å²) in [5.41, 5.74) is 8.00. The van der Waals surface area contributed by atoms with Crippen LogP contribution in [-0.4, -0.2) is 32.4 Å². The second kappa shape index (κ2) is 8.66. The number of halogens is 1. The fourth-order valence-electron chi connectivity index (χ4n) is 1.92. The first-order chi connectivity index (χ1) is 9.99. The zero-order chi connectivity index (χ0) is 17.0. The Balaban J connectivity index is 0.00000484. The molecule has 0 bridgehead atoms. The van der Waals surface area contributed by atoms with Gasteiger partial charge in [-0.05, 0) is 23.0 Å². The number of hydrogen-bond donors (Lipinski definition) is 2. The lowest BCUT2D eigenvalue weighted by Gasteiger charge is -2.19. The van der Waals surface area contributed by atoms with Gasteiger partial charge in [-0.2, -0.15) is 0 Å². The highest BCUT2D eigenvalue weighted by atomic mass is 35.5. The van der Waals surface area contributed by atoms with Gasteiger partial charge < -0.3 is 11.1 Å². The Morgan fingerprint density at radius 3 is 2.17 bits per heavy atom. The Morgan fingerprint density at radius 1 is 1.22 bits per heavy atom. The molecule has 0 saturated heterocycles. The summed E-state index contributed by atoms with van der Waals surface area (Å²) >= 11 is 0.